The largest absolute Gasteiger partial charge is 0.390 e. The molecule has 0 amide bonds. The van der Waals surface area contributed by atoms with E-state index in [0.29, 0.717) is 5.92 Å². The minimum Gasteiger partial charge on any atom is -0.390 e. The Morgan fingerprint density at radius 2 is 1.75 bits per heavy atom. The summed E-state index contributed by atoms with van der Waals surface area (Å²) in [4.78, 5) is 0. The van der Waals surface area contributed by atoms with Crippen molar-refractivity contribution >= 4 is 12.4 Å². The average molecular weight is 194 g/mol. The van der Waals surface area contributed by atoms with E-state index in [-0.39, 0.29) is 18.4 Å². The average Bonchev–Trinajstić information content (AvgIpc) is 1.86. The zero-order valence-electron chi connectivity index (χ0n) is 7.92. The minimum atomic E-state index is -0.583. The van der Waals surface area contributed by atoms with Crippen molar-refractivity contribution < 1.29 is 5.11 Å². The molecule has 0 aromatic rings. The molecule has 1 saturated carbocycles. The van der Waals surface area contributed by atoms with Crippen molar-refractivity contribution in [1.82, 2.24) is 0 Å². The fourth-order valence-corrected chi connectivity index (χ4v) is 2.04. The summed E-state index contributed by atoms with van der Waals surface area (Å²) >= 11 is 0. The lowest BCUT2D eigenvalue weighted by Gasteiger charge is -2.37. The number of hydrogen-bond acceptors (Lipinski definition) is 2. The van der Waals surface area contributed by atoms with Crippen LogP contribution in [-0.4, -0.2) is 16.7 Å². The highest BCUT2D eigenvalue weighted by atomic mass is 35.5. The molecule has 1 rings (SSSR count). The zero-order chi connectivity index (χ0) is 8.48. The Hall–Kier alpha value is 0.210. The molecule has 0 saturated heterocycles. The molecule has 74 valence electrons. The predicted octanol–water partition coefficient (Wildman–Crippen LogP) is 1.70. The first-order valence-corrected chi connectivity index (χ1v) is 4.50. The van der Waals surface area contributed by atoms with Crippen molar-refractivity contribution in [3.63, 3.8) is 0 Å². The van der Waals surface area contributed by atoms with Crippen LogP contribution in [0.2, 0.25) is 0 Å². The van der Waals surface area contributed by atoms with Gasteiger partial charge in [0, 0.05) is 12.0 Å². The summed E-state index contributed by atoms with van der Waals surface area (Å²) in [6, 6.07) is 0.212. The van der Waals surface area contributed by atoms with Gasteiger partial charge in [0.2, 0.25) is 0 Å². The van der Waals surface area contributed by atoms with Crippen LogP contribution in [0, 0.1) is 5.92 Å². The molecule has 0 heterocycles. The summed E-state index contributed by atoms with van der Waals surface area (Å²) in [5, 5.41) is 9.73. The topological polar surface area (TPSA) is 46.2 Å². The van der Waals surface area contributed by atoms with Crippen LogP contribution < -0.4 is 5.73 Å². The summed E-state index contributed by atoms with van der Waals surface area (Å²) in [6.45, 7) is 3.73. The van der Waals surface area contributed by atoms with Crippen LogP contribution in [0.25, 0.3) is 0 Å². The van der Waals surface area contributed by atoms with Crippen LogP contribution in [0.4, 0.5) is 0 Å². The molecule has 3 heteroatoms. The van der Waals surface area contributed by atoms with Gasteiger partial charge in [0.25, 0.3) is 0 Å². The van der Waals surface area contributed by atoms with Crippen molar-refractivity contribution in [3.8, 4) is 0 Å². The van der Waals surface area contributed by atoms with E-state index < -0.39 is 5.60 Å². The predicted molar refractivity (Wildman–Crippen MR) is 53.5 cm³/mol. The Morgan fingerprint density at radius 1 is 1.25 bits per heavy atom. The molecule has 0 aromatic carbocycles. The van der Waals surface area contributed by atoms with Crippen molar-refractivity contribution in [3.05, 3.63) is 0 Å². The van der Waals surface area contributed by atoms with Crippen LogP contribution in [-0.2, 0) is 0 Å². The highest BCUT2D eigenvalue weighted by molar-refractivity contribution is 5.85. The normalized spacial score (nSPS) is 31.0. The number of hydrogen-bond donors (Lipinski definition) is 2. The molecule has 2 unspecified atom stereocenters. The quantitative estimate of drug-likeness (QED) is 0.666. The van der Waals surface area contributed by atoms with E-state index in [1.807, 2.05) is 13.8 Å². The first kappa shape index (κ1) is 12.2. The molecule has 2 nitrogen and oxygen atoms in total. The van der Waals surface area contributed by atoms with E-state index in [1.54, 1.807) is 0 Å². The van der Waals surface area contributed by atoms with Gasteiger partial charge in [-0.05, 0) is 26.7 Å². The molecule has 12 heavy (non-hydrogen) atoms. The molecule has 3 N–H and O–H groups in total. The summed E-state index contributed by atoms with van der Waals surface area (Å²) in [5.41, 5.74) is 5.32. The summed E-state index contributed by atoms with van der Waals surface area (Å²) in [7, 11) is 0. The Labute approximate surface area is 80.9 Å². The Balaban J connectivity index is 0.00000121. The number of halogens is 1. The van der Waals surface area contributed by atoms with Crippen molar-refractivity contribution in [2.75, 3.05) is 0 Å². The third-order valence-electron chi connectivity index (χ3n) is 2.73. The van der Waals surface area contributed by atoms with Crippen LogP contribution in [0.1, 0.15) is 39.5 Å². The molecule has 0 aromatic heterocycles. The third-order valence-corrected chi connectivity index (χ3v) is 2.73. The van der Waals surface area contributed by atoms with E-state index in [0.717, 1.165) is 12.8 Å². The molecule has 0 spiro atoms. The van der Waals surface area contributed by atoms with Gasteiger partial charge in [0.05, 0.1) is 5.60 Å². The second-order valence-corrected chi connectivity index (χ2v) is 4.21. The second kappa shape index (κ2) is 4.45. The van der Waals surface area contributed by atoms with Gasteiger partial charge in [0.15, 0.2) is 0 Å². The van der Waals surface area contributed by atoms with Crippen molar-refractivity contribution in [2.45, 2.75) is 51.2 Å². The third kappa shape index (κ3) is 2.92. The fourth-order valence-electron chi connectivity index (χ4n) is 2.04. The molecule has 2 atom stereocenters. The van der Waals surface area contributed by atoms with Gasteiger partial charge < -0.3 is 10.8 Å². The highest BCUT2D eigenvalue weighted by Crippen LogP contribution is 2.31. The van der Waals surface area contributed by atoms with Gasteiger partial charge in [-0.3, -0.25) is 0 Å². The molecule has 0 radical (unpaired) electrons. The highest BCUT2D eigenvalue weighted by Gasteiger charge is 2.33. The van der Waals surface area contributed by atoms with Gasteiger partial charge in [0.1, 0.15) is 0 Å². The Bertz CT molecular complexity index is 133. The maximum Gasteiger partial charge on any atom is 0.0634 e. The minimum absolute atomic E-state index is 0. The van der Waals surface area contributed by atoms with E-state index in [1.165, 1.54) is 12.8 Å². The van der Waals surface area contributed by atoms with Gasteiger partial charge >= 0.3 is 0 Å². The molecule has 0 bridgehead atoms. The fraction of sp³-hybridized carbons (Fsp3) is 1.00. The maximum absolute atomic E-state index is 9.73. The van der Waals surface area contributed by atoms with E-state index in [2.05, 4.69) is 0 Å². The van der Waals surface area contributed by atoms with Gasteiger partial charge in [-0.25, -0.2) is 0 Å². The monoisotopic (exact) mass is 193 g/mol. The molecular formula is C9H20ClNO. The van der Waals surface area contributed by atoms with Crippen LogP contribution in [0.15, 0.2) is 0 Å². The van der Waals surface area contributed by atoms with Crippen LogP contribution >= 0.6 is 12.4 Å². The van der Waals surface area contributed by atoms with Crippen molar-refractivity contribution in [2.24, 2.45) is 11.7 Å². The summed E-state index contributed by atoms with van der Waals surface area (Å²) in [5.74, 6) is 0.302. The van der Waals surface area contributed by atoms with Gasteiger partial charge in [-0.2, -0.15) is 0 Å². The Morgan fingerprint density at radius 3 is 2.08 bits per heavy atom. The number of aliphatic hydroxyl groups is 1. The Kier molecular flexibility index (Phi) is 4.53. The SMILES string of the molecule is CC(C)(O)C1CCCCC1N.Cl. The smallest absolute Gasteiger partial charge is 0.0634 e. The first-order chi connectivity index (χ1) is 5.02. The number of nitrogens with two attached hydrogens (primary N) is 1. The maximum atomic E-state index is 9.73. The van der Waals surface area contributed by atoms with Crippen LogP contribution in [0.5, 0.6) is 0 Å². The number of rotatable bonds is 1. The summed E-state index contributed by atoms with van der Waals surface area (Å²) < 4.78 is 0. The van der Waals surface area contributed by atoms with Gasteiger partial charge in [-0.1, -0.05) is 12.8 Å². The zero-order valence-corrected chi connectivity index (χ0v) is 8.73. The molecule has 1 aliphatic rings. The molecule has 0 aliphatic heterocycles. The lowest BCUT2D eigenvalue weighted by molar-refractivity contribution is -0.00817. The first-order valence-electron chi connectivity index (χ1n) is 4.50. The molecule has 1 aliphatic carbocycles. The van der Waals surface area contributed by atoms with E-state index in [4.69, 9.17) is 5.73 Å². The molecule has 1 fully saturated rings. The lowest BCUT2D eigenvalue weighted by Crippen LogP contribution is -2.45. The van der Waals surface area contributed by atoms with E-state index >= 15 is 0 Å². The van der Waals surface area contributed by atoms with E-state index in [9.17, 15) is 5.11 Å². The van der Waals surface area contributed by atoms with Crippen LogP contribution in [0.3, 0.4) is 0 Å². The molecular weight excluding hydrogens is 174 g/mol. The standard InChI is InChI=1S/C9H19NO.ClH/c1-9(2,11)7-5-3-4-6-8(7)10;/h7-8,11H,3-6,10H2,1-2H3;1H. The lowest BCUT2D eigenvalue weighted by atomic mass is 9.76. The van der Waals surface area contributed by atoms with Gasteiger partial charge in [-0.15, -0.1) is 12.4 Å². The van der Waals surface area contributed by atoms with Crippen molar-refractivity contribution in [1.29, 1.82) is 0 Å². The second-order valence-electron chi connectivity index (χ2n) is 4.21. The summed E-state index contributed by atoms with van der Waals surface area (Å²) in [6.07, 6.45) is 4.62.